The zero-order valence-electron chi connectivity index (χ0n) is 21.3. The molecule has 4 aromatic rings. The molecule has 39 heavy (non-hydrogen) atoms. The van der Waals surface area contributed by atoms with Gasteiger partial charge in [-0.25, -0.2) is 4.79 Å². The van der Waals surface area contributed by atoms with Gasteiger partial charge in [0, 0.05) is 30.2 Å². The summed E-state index contributed by atoms with van der Waals surface area (Å²) in [6.07, 6.45) is 1.74. The lowest BCUT2D eigenvalue weighted by Crippen LogP contribution is -2.29. The van der Waals surface area contributed by atoms with Crippen molar-refractivity contribution in [3.05, 3.63) is 102 Å². The summed E-state index contributed by atoms with van der Waals surface area (Å²) in [6.45, 7) is -0.0287. The molecule has 198 valence electrons. The van der Waals surface area contributed by atoms with Crippen LogP contribution >= 0.6 is 12.2 Å². The first-order valence-corrected chi connectivity index (χ1v) is 12.6. The number of nitrogens with one attached hydrogen (secondary N) is 2. The minimum atomic E-state index is -0.419. The summed E-state index contributed by atoms with van der Waals surface area (Å²) in [7, 11) is 2.82. The first-order valence-electron chi connectivity index (χ1n) is 12.2. The van der Waals surface area contributed by atoms with Crippen LogP contribution in [0.2, 0.25) is 0 Å². The second kappa shape index (κ2) is 11.5. The summed E-state index contributed by atoms with van der Waals surface area (Å²) in [5.41, 5.74) is 3.44. The number of rotatable bonds is 8. The third-order valence-corrected chi connectivity index (χ3v) is 6.60. The minimum Gasteiger partial charge on any atom is -0.465 e. The van der Waals surface area contributed by atoms with Gasteiger partial charge < -0.3 is 29.4 Å². The molecule has 9 nitrogen and oxygen atoms in total. The third kappa shape index (κ3) is 5.52. The van der Waals surface area contributed by atoms with E-state index in [-0.39, 0.29) is 24.6 Å². The number of benzene rings is 2. The van der Waals surface area contributed by atoms with Gasteiger partial charge in [-0.2, -0.15) is 0 Å². The quantitative estimate of drug-likeness (QED) is 0.238. The number of hydrogen-bond acceptors (Lipinski definition) is 7. The Morgan fingerprint density at radius 1 is 1.05 bits per heavy atom. The van der Waals surface area contributed by atoms with Crippen molar-refractivity contribution in [2.45, 2.75) is 12.1 Å². The molecule has 0 bridgehead atoms. The van der Waals surface area contributed by atoms with E-state index >= 15 is 0 Å². The van der Waals surface area contributed by atoms with Crippen LogP contribution in [0.5, 0.6) is 0 Å². The highest BCUT2D eigenvalue weighted by Crippen LogP contribution is 2.43. The Morgan fingerprint density at radius 2 is 1.87 bits per heavy atom. The fraction of sp³-hybridized carbons (Fsp3) is 0.172. The van der Waals surface area contributed by atoms with Crippen molar-refractivity contribution in [1.29, 1.82) is 0 Å². The topological polar surface area (TPSA) is 106 Å². The maximum atomic E-state index is 12.0. The molecule has 1 aliphatic rings. The van der Waals surface area contributed by atoms with E-state index < -0.39 is 5.97 Å². The summed E-state index contributed by atoms with van der Waals surface area (Å²) < 4.78 is 16.1. The van der Waals surface area contributed by atoms with Crippen LogP contribution in [-0.4, -0.2) is 42.8 Å². The van der Waals surface area contributed by atoms with Gasteiger partial charge in [0.15, 0.2) is 5.11 Å². The van der Waals surface area contributed by atoms with Crippen molar-refractivity contribution in [2.24, 2.45) is 0 Å². The Bertz CT molecular complexity index is 1490. The number of nitrogens with zero attached hydrogens (tertiary/aromatic N) is 2. The molecule has 1 saturated heterocycles. The Kier molecular flexibility index (Phi) is 7.67. The monoisotopic (exact) mass is 542 g/mol. The zero-order chi connectivity index (χ0) is 27.4. The molecule has 1 fully saturated rings. The molecule has 0 radical (unpaired) electrons. The van der Waals surface area contributed by atoms with Crippen molar-refractivity contribution in [3.63, 3.8) is 0 Å². The molecule has 2 aromatic carbocycles. The van der Waals surface area contributed by atoms with Gasteiger partial charge >= 0.3 is 5.97 Å². The number of methoxy groups -OCH3 is 2. The molecule has 2 aromatic heterocycles. The number of furan rings is 1. The number of esters is 1. The highest BCUT2D eigenvalue weighted by Gasteiger charge is 2.42. The highest BCUT2D eigenvalue weighted by molar-refractivity contribution is 7.80. The number of carbonyl (C=O) groups is 2. The molecule has 0 saturated carbocycles. The maximum absolute atomic E-state index is 12.0. The predicted octanol–water partition coefficient (Wildman–Crippen LogP) is 4.89. The van der Waals surface area contributed by atoms with E-state index in [1.165, 1.54) is 14.2 Å². The summed E-state index contributed by atoms with van der Waals surface area (Å²) in [6, 6.07) is 23.3. The van der Waals surface area contributed by atoms with E-state index in [1.807, 2.05) is 65.6 Å². The van der Waals surface area contributed by atoms with Gasteiger partial charge in [0.25, 0.3) is 0 Å². The summed E-state index contributed by atoms with van der Waals surface area (Å²) in [5.74, 6) is 0.603. The number of pyridine rings is 1. The summed E-state index contributed by atoms with van der Waals surface area (Å²) in [5, 5.41) is 6.71. The molecule has 3 heterocycles. The van der Waals surface area contributed by atoms with Crippen molar-refractivity contribution < 1.29 is 23.5 Å². The zero-order valence-corrected chi connectivity index (χ0v) is 22.1. The van der Waals surface area contributed by atoms with Crippen LogP contribution in [0.4, 0.5) is 11.4 Å². The molecule has 2 N–H and O–H groups in total. The predicted molar refractivity (Wildman–Crippen MR) is 150 cm³/mol. The van der Waals surface area contributed by atoms with Crippen molar-refractivity contribution in [2.75, 3.05) is 31.0 Å². The minimum absolute atomic E-state index is 0.0287. The van der Waals surface area contributed by atoms with Crippen LogP contribution in [0.25, 0.3) is 11.3 Å². The average Bonchev–Trinajstić information content (AvgIpc) is 3.58. The van der Waals surface area contributed by atoms with Crippen LogP contribution in [0.1, 0.15) is 33.9 Å². The van der Waals surface area contributed by atoms with Crippen LogP contribution in [0, 0.1) is 0 Å². The molecule has 0 aliphatic carbocycles. The second-order valence-corrected chi connectivity index (χ2v) is 9.19. The van der Waals surface area contributed by atoms with Crippen molar-refractivity contribution in [3.8, 4) is 11.3 Å². The third-order valence-electron chi connectivity index (χ3n) is 6.29. The Hall–Kier alpha value is -4.54. The van der Waals surface area contributed by atoms with E-state index in [0.717, 1.165) is 16.9 Å². The van der Waals surface area contributed by atoms with E-state index in [0.29, 0.717) is 27.9 Å². The maximum Gasteiger partial charge on any atom is 0.337 e. The lowest BCUT2D eigenvalue weighted by atomic mass is 10.0. The Morgan fingerprint density at radius 3 is 2.59 bits per heavy atom. The van der Waals surface area contributed by atoms with Crippen molar-refractivity contribution in [1.82, 2.24) is 10.3 Å². The second-order valence-electron chi connectivity index (χ2n) is 8.80. The van der Waals surface area contributed by atoms with Gasteiger partial charge in [-0.15, -0.1) is 0 Å². The molecule has 1 aliphatic heterocycles. The number of amides is 1. The van der Waals surface area contributed by atoms with Crippen LogP contribution in [-0.2, 0) is 14.3 Å². The van der Waals surface area contributed by atoms with Crippen LogP contribution in [0.15, 0.2) is 89.5 Å². The standard InChI is InChI=1S/C29H26N4O5S/c1-36-17-25(34)31-20-9-11-21(12-10-20)33-27(26(32-29(33)39)22-8-3-4-15-30-22)24-14-13-23(38-24)18-6-5-7-19(16-18)28(35)37-2/h3-16,26-27H,17H2,1-2H3,(H,31,34)(H,32,39). The largest absolute Gasteiger partial charge is 0.465 e. The number of carbonyl (C=O) groups excluding carboxylic acids is 2. The summed E-state index contributed by atoms with van der Waals surface area (Å²) in [4.78, 5) is 30.5. The molecule has 1 amide bonds. The Labute approximate surface area is 230 Å². The Balaban J connectivity index is 1.50. The molecular weight excluding hydrogens is 516 g/mol. The molecule has 10 heteroatoms. The lowest BCUT2D eigenvalue weighted by Gasteiger charge is -2.26. The van der Waals surface area contributed by atoms with Gasteiger partial charge in [-0.3, -0.25) is 9.78 Å². The average molecular weight is 543 g/mol. The van der Waals surface area contributed by atoms with E-state index in [9.17, 15) is 9.59 Å². The normalized spacial score (nSPS) is 16.6. The van der Waals surface area contributed by atoms with Gasteiger partial charge in [0.2, 0.25) is 5.91 Å². The molecule has 2 unspecified atom stereocenters. The lowest BCUT2D eigenvalue weighted by molar-refractivity contribution is -0.119. The van der Waals surface area contributed by atoms with Gasteiger partial charge in [-0.1, -0.05) is 18.2 Å². The summed E-state index contributed by atoms with van der Waals surface area (Å²) >= 11 is 5.78. The fourth-order valence-electron chi connectivity index (χ4n) is 4.54. The van der Waals surface area contributed by atoms with Crippen molar-refractivity contribution >= 4 is 40.6 Å². The molecule has 5 rings (SSSR count). The molecule has 2 atom stereocenters. The number of thiocarbonyl (C=S) groups is 1. The van der Waals surface area contributed by atoms with Crippen LogP contribution < -0.4 is 15.5 Å². The first kappa shape index (κ1) is 26.1. The smallest absolute Gasteiger partial charge is 0.337 e. The number of anilines is 2. The fourth-order valence-corrected chi connectivity index (χ4v) is 4.89. The number of ether oxygens (including phenoxy) is 2. The molecule has 0 spiro atoms. The van der Waals surface area contributed by atoms with Crippen LogP contribution in [0.3, 0.4) is 0 Å². The van der Waals surface area contributed by atoms with Gasteiger partial charge in [0.05, 0.1) is 24.4 Å². The number of aromatic nitrogens is 1. The number of hydrogen-bond donors (Lipinski definition) is 2. The highest BCUT2D eigenvalue weighted by atomic mass is 32.1. The SMILES string of the molecule is COCC(=O)Nc1ccc(N2C(=S)NC(c3ccccn3)C2c2ccc(-c3cccc(C(=O)OC)c3)o2)cc1. The van der Waals surface area contributed by atoms with E-state index in [1.54, 1.807) is 24.4 Å². The van der Waals surface area contributed by atoms with Gasteiger partial charge in [-0.05, 0) is 72.9 Å². The van der Waals surface area contributed by atoms with E-state index in [4.69, 9.17) is 26.1 Å². The van der Waals surface area contributed by atoms with E-state index in [2.05, 4.69) is 15.6 Å². The van der Waals surface area contributed by atoms with Gasteiger partial charge in [0.1, 0.15) is 24.2 Å². The molecular formula is C29H26N4O5S. The first-order chi connectivity index (χ1) is 19.0.